The quantitative estimate of drug-likeness (QED) is 0.883. The van der Waals surface area contributed by atoms with Crippen LogP contribution < -0.4 is 5.32 Å². The van der Waals surface area contributed by atoms with Gasteiger partial charge in [0.2, 0.25) is 11.8 Å². The molecule has 0 saturated heterocycles. The minimum atomic E-state index is 0.562. The topological polar surface area (TPSA) is 51.0 Å². The van der Waals surface area contributed by atoms with Crippen molar-refractivity contribution in [2.24, 2.45) is 0 Å². The van der Waals surface area contributed by atoms with Crippen LogP contribution in [0.4, 0.5) is 0 Å². The van der Waals surface area contributed by atoms with Gasteiger partial charge in [-0.25, -0.2) is 0 Å². The number of halogens is 2. The summed E-state index contributed by atoms with van der Waals surface area (Å²) in [6.07, 6.45) is 2.51. The highest BCUT2D eigenvalue weighted by Gasteiger charge is 2.21. The second kappa shape index (κ2) is 4.79. The van der Waals surface area contributed by atoms with Crippen LogP contribution in [0, 0.1) is 0 Å². The lowest BCUT2D eigenvalue weighted by molar-refractivity contribution is 0.476. The Bertz CT molecular complexity index is 535. The van der Waals surface area contributed by atoms with Gasteiger partial charge in [-0.05, 0) is 50.8 Å². The summed E-state index contributed by atoms with van der Waals surface area (Å²) < 4.78 is 7.65. The smallest absolute Gasteiger partial charge is 0.249 e. The molecule has 0 unspecified atom stereocenters. The zero-order chi connectivity index (χ0) is 11.8. The molecule has 0 amide bonds. The van der Waals surface area contributed by atoms with Gasteiger partial charge in [0.1, 0.15) is 0 Å². The molecule has 0 aliphatic heterocycles. The van der Waals surface area contributed by atoms with Gasteiger partial charge in [0.05, 0.1) is 19.7 Å². The van der Waals surface area contributed by atoms with E-state index in [0.717, 1.165) is 13.1 Å². The summed E-state index contributed by atoms with van der Waals surface area (Å²) in [7, 11) is 0. The third kappa shape index (κ3) is 2.78. The van der Waals surface area contributed by atoms with Gasteiger partial charge < -0.3 is 9.73 Å². The highest BCUT2D eigenvalue weighted by Crippen LogP contribution is 2.37. The summed E-state index contributed by atoms with van der Waals surface area (Å²) >= 11 is 8.50. The molecule has 0 aromatic carbocycles. The molecular weight excluding hydrogens is 370 g/mol. The SMILES string of the molecule is Brc1cc(-c2nnc(CNC3CC3)o2)c(Br)s1. The molecule has 1 saturated carbocycles. The van der Waals surface area contributed by atoms with E-state index < -0.39 is 0 Å². The first-order chi connectivity index (χ1) is 8.22. The average molecular weight is 379 g/mol. The van der Waals surface area contributed by atoms with E-state index in [-0.39, 0.29) is 0 Å². The molecule has 2 aromatic heterocycles. The standard InChI is InChI=1S/C10H9Br2N3OS/c11-7-3-6(9(12)17-7)10-15-14-8(16-10)4-13-5-1-2-5/h3,5,13H,1-2,4H2. The minimum Gasteiger partial charge on any atom is -0.419 e. The van der Waals surface area contributed by atoms with Crippen molar-refractivity contribution in [3.8, 4) is 11.5 Å². The van der Waals surface area contributed by atoms with Crippen LogP contribution in [0.5, 0.6) is 0 Å². The Morgan fingerprint density at radius 2 is 2.24 bits per heavy atom. The highest BCUT2D eigenvalue weighted by molar-refractivity contribution is 9.12. The van der Waals surface area contributed by atoms with Gasteiger partial charge in [-0.2, -0.15) is 0 Å². The van der Waals surface area contributed by atoms with Crippen LogP contribution in [-0.4, -0.2) is 16.2 Å². The van der Waals surface area contributed by atoms with Crippen molar-refractivity contribution in [2.75, 3.05) is 0 Å². The summed E-state index contributed by atoms with van der Waals surface area (Å²) in [4.78, 5) is 0. The van der Waals surface area contributed by atoms with E-state index in [2.05, 4.69) is 47.4 Å². The molecule has 1 aliphatic carbocycles. The van der Waals surface area contributed by atoms with Crippen molar-refractivity contribution < 1.29 is 4.42 Å². The van der Waals surface area contributed by atoms with Gasteiger partial charge in [0, 0.05) is 6.04 Å². The first kappa shape index (κ1) is 11.8. The Labute approximate surface area is 119 Å². The lowest BCUT2D eigenvalue weighted by atomic mass is 10.3. The van der Waals surface area contributed by atoms with Crippen molar-refractivity contribution in [1.82, 2.24) is 15.5 Å². The van der Waals surface area contributed by atoms with Gasteiger partial charge >= 0.3 is 0 Å². The average Bonchev–Trinajstić information content (AvgIpc) is 2.90. The fraction of sp³-hybridized carbons (Fsp3) is 0.400. The van der Waals surface area contributed by atoms with Crippen LogP contribution in [0.25, 0.3) is 11.5 Å². The molecule has 17 heavy (non-hydrogen) atoms. The number of nitrogens with zero attached hydrogens (tertiary/aromatic N) is 2. The normalized spacial score (nSPS) is 15.4. The minimum absolute atomic E-state index is 0.562. The summed E-state index contributed by atoms with van der Waals surface area (Å²) in [6, 6.07) is 2.62. The number of thiophene rings is 1. The van der Waals surface area contributed by atoms with Crippen LogP contribution in [0.2, 0.25) is 0 Å². The van der Waals surface area contributed by atoms with Crippen LogP contribution in [-0.2, 0) is 6.54 Å². The third-order valence-corrected chi connectivity index (χ3v) is 4.81. The van der Waals surface area contributed by atoms with Crippen molar-refractivity contribution in [2.45, 2.75) is 25.4 Å². The molecule has 2 aromatic rings. The summed E-state index contributed by atoms with van der Waals surface area (Å²) in [5, 5.41) is 11.4. The Hall–Kier alpha value is -0.240. The van der Waals surface area contributed by atoms with E-state index in [1.165, 1.54) is 12.8 Å². The fourth-order valence-electron chi connectivity index (χ4n) is 1.44. The summed E-state index contributed by atoms with van der Waals surface area (Å²) in [6.45, 7) is 0.653. The Balaban J connectivity index is 1.76. The summed E-state index contributed by atoms with van der Waals surface area (Å²) in [5.74, 6) is 1.20. The number of rotatable bonds is 4. The molecule has 0 atom stereocenters. The molecule has 1 fully saturated rings. The first-order valence-electron chi connectivity index (χ1n) is 5.23. The van der Waals surface area contributed by atoms with Crippen molar-refractivity contribution in [1.29, 1.82) is 0 Å². The fourth-order valence-corrected chi connectivity index (χ4v) is 4.22. The maximum atomic E-state index is 5.61. The number of hydrogen-bond donors (Lipinski definition) is 1. The van der Waals surface area contributed by atoms with Gasteiger partial charge in [-0.15, -0.1) is 21.5 Å². The monoisotopic (exact) mass is 377 g/mol. The second-order valence-electron chi connectivity index (χ2n) is 3.89. The van der Waals surface area contributed by atoms with E-state index in [0.29, 0.717) is 24.4 Å². The second-order valence-corrected chi connectivity index (χ2v) is 7.64. The lowest BCUT2D eigenvalue weighted by Crippen LogP contribution is -2.15. The van der Waals surface area contributed by atoms with Crippen molar-refractivity contribution in [3.05, 3.63) is 19.5 Å². The van der Waals surface area contributed by atoms with Crippen LogP contribution in [0.1, 0.15) is 18.7 Å². The van der Waals surface area contributed by atoms with Gasteiger partial charge in [-0.1, -0.05) is 0 Å². The van der Waals surface area contributed by atoms with E-state index >= 15 is 0 Å². The highest BCUT2D eigenvalue weighted by atomic mass is 79.9. The third-order valence-electron chi connectivity index (χ3n) is 2.47. The molecular formula is C10H9Br2N3OS. The maximum absolute atomic E-state index is 5.61. The lowest BCUT2D eigenvalue weighted by Gasteiger charge is -1.95. The van der Waals surface area contributed by atoms with Gasteiger partial charge in [0.25, 0.3) is 0 Å². The molecule has 0 spiro atoms. The number of aromatic nitrogens is 2. The number of hydrogen-bond acceptors (Lipinski definition) is 5. The van der Waals surface area contributed by atoms with Crippen molar-refractivity contribution in [3.63, 3.8) is 0 Å². The van der Waals surface area contributed by atoms with Crippen LogP contribution >= 0.6 is 43.2 Å². The molecule has 2 heterocycles. The first-order valence-corrected chi connectivity index (χ1v) is 7.63. The molecule has 7 heteroatoms. The van der Waals surface area contributed by atoms with E-state index in [4.69, 9.17) is 4.42 Å². The predicted molar refractivity (Wildman–Crippen MR) is 72.9 cm³/mol. The zero-order valence-corrected chi connectivity index (χ0v) is 12.7. The predicted octanol–water partition coefficient (Wildman–Crippen LogP) is 3.58. The largest absolute Gasteiger partial charge is 0.419 e. The number of nitrogens with one attached hydrogen (secondary N) is 1. The molecule has 90 valence electrons. The van der Waals surface area contributed by atoms with Crippen LogP contribution in [0.15, 0.2) is 18.1 Å². The van der Waals surface area contributed by atoms with Gasteiger partial charge in [0.15, 0.2) is 0 Å². The molecule has 4 nitrogen and oxygen atoms in total. The van der Waals surface area contributed by atoms with E-state index in [1.54, 1.807) is 11.3 Å². The molecule has 3 rings (SSSR count). The van der Waals surface area contributed by atoms with Crippen LogP contribution in [0.3, 0.4) is 0 Å². The molecule has 0 radical (unpaired) electrons. The molecule has 1 aliphatic rings. The maximum Gasteiger partial charge on any atom is 0.249 e. The molecule has 1 N–H and O–H groups in total. The Kier molecular flexibility index (Phi) is 3.34. The van der Waals surface area contributed by atoms with Gasteiger partial charge in [-0.3, -0.25) is 0 Å². The van der Waals surface area contributed by atoms with E-state index in [1.807, 2.05) is 6.07 Å². The Morgan fingerprint density at radius 3 is 2.88 bits per heavy atom. The molecule has 0 bridgehead atoms. The summed E-state index contributed by atoms with van der Waals surface area (Å²) in [5.41, 5.74) is 0.937. The van der Waals surface area contributed by atoms with E-state index in [9.17, 15) is 0 Å². The van der Waals surface area contributed by atoms with Crippen molar-refractivity contribution >= 4 is 43.2 Å². The Morgan fingerprint density at radius 1 is 1.41 bits per heavy atom. The zero-order valence-electron chi connectivity index (χ0n) is 8.74.